The number of carbonyl (C=O) groups excluding carboxylic acids is 1. The fourth-order valence-corrected chi connectivity index (χ4v) is 2.70. The highest BCUT2D eigenvalue weighted by molar-refractivity contribution is 7.99. The highest BCUT2D eigenvalue weighted by Crippen LogP contribution is 2.15. The standard InChI is InChI=1S/C14H25N5OS/c1-6-7-19-14(15-16-17-19)21-10-13(20)18(8-11(2)3)9-12(4)5/h6,11-12H,1,7-10H2,2-5H3. The van der Waals surface area contributed by atoms with Crippen molar-refractivity contribution in [1.82, 2.24) is 25.1 Å². The molecule has 0 fully saturated rings. The van der Waals surface area contributed by atoms with E-state index in [4.69, 9.17) is 0 Å². The zero-order valence-electron chi connectivity index (χ0n) is 13.3. The number of hydrogen-bond acceptors (Lipinski definition) is 5. The van der Waals surface area contributed by atoms with Crippen LogP contribution in [-0.4, -0.2) is 49.9 Å². The Kier molecular flexibility index (Phi) is 7.42. The van der Waals surface area contributed by atoms with Crippen molar-refractivity contribution in [1.29, 1.82) is 0 Å². The molecule has 0 N–H and O–H groups in total. The van der Waals surface area contributed by atoms with Gasteiger partial charge in [0, 0.05) is 13.1 Å². The molecule has 1 aromatic rings. The average molecular weight is 311 g/mol. The first-order valence-electron chi connectivity index (χ1n) is 7.21. The maximum absolute atomic E-state index is 12.4. The molecule has 7 heteroatoms. The van der Waals surface area contributed by atoms with Gasteiger partial charge in [-0.1, -0.05) is 45.5 Å². The van der Waals surface area contributed by atoms with E-state index in [-0.39, 0.29) is 5.91 Å². The molecule has 0 aliphatic carbocycles. The van der Waals surface area contributed by atoms with E-state index < -0.39 is 0 Å². The minimum Gasteiger partial charge on any atom is -0.341 e. The van der Waals surface area contributed by atoms with Crippen LogP contribution in [0.25, 0.3) is 0 Å². The molecule has 118 valence electrons. The molecule has 0 spiro atoms. The van der Waals surface area contributed by atoms with Crippen LogP contribution in [0.15, 0.2) is 17.8 Å². The van der Waals surface area contributed by atoms with Crippen LogP contribution in [0, 0.1) is 11.8 Å². The van der Waals surface area contributed by atoms with Crippen LogP contribution in [0.3, 0.4) is 0 Å². The summed E-state index contributed by atoms with van der Waals surface area (Å²) in [4.78, 5) is 14.3. The quantitative estimate of drug-likeness (QED) is 0.516. The average Bonchev–Trinajstić information content (AvgIpc) is 2.82. The van der Waals surface area contributed by atoms with Crippen LogP contribution in [-0.2, 0) is 11.3 Å². The molecule has 1 heterocycles. The van der Waals surface area contributed by atoms with Gasteiger partial charge in [-0.15, -0.1) is 11.7 Å². The van der Waals surface area contributed by atoms with Crippen LogP contribution >= 0.6 is 11.8 Å². The number of amides is 1. The van der Waals surface area contributed by atoms with E-state index in [0.717, 1.165) is 13.1 Å². The summed E-state index contributed by atoms with van der Waals surface area (Å²) >= 11 is 1.37. The van der Waals surface area contributed by atoms with Crippen molar-refractivity contribution >= 4 is 17.7 Å². The van der Waals surface area contributed by atoms with Crippen molar-refractivity contribution in [2.45, 2.75) is 39.4 Å². The predicted molar refractivity (Wildman–Crippen MR) is 85.0 cm³/mol. The van der Waals surface area contributed by atoms with Gasteiger partial charge in [-0.3, -0.25) is 4.79 Å². The zero-order valence-corrected chi connectivity index (χ0v) is 14.1. The second kappa shape index (κ2) is 8.81. The Labute approximate surface area is 131 Å². The van der Waals surface area contributed by atoms with E-state index in [1.54, 1.807) is 10.8 Å². The third kappa shape index (κ3) is 6.29. The molecule has 0 aliphatic rings. The lowest BCUT2D eigenvalue weighted by molar-refractivity contribution is -0.129. The largest absolute Gasteiger partial charge is 0.341 e. The van der Waals surface area contributed by atoms with Crippen LogP contribution in [0.5, 0.6) is 0 Å². The van der Waals surface area contributed by atoms with E-state index in [1.165, 1.54) is 11.8 Å². The van der Waals surface area contributed by atoms with E-state index in [2.05, 4.69) is 49.8 Å². The fraction of sp³-hybridized carbons (Fsp3) is 0.714. The second-order valence-corrected chi connectivity index (χ2v) is 6.75. The molecule has 0 aliphatic heterocycles. The number of aromatic nitrogens is 4. The molecule has 1 rings (SSSR count). The smallest absolute Gasteiger partial charge is 0.233 e. The Morgan fingerprint density at radius 3 is 2.48 bits per heavy atom. The fourth-order valence-electron chi connectivity index (χ4n) is 1.91. The van der Waals surface area contributed by atoms with Gasteiger partial charge in [-0.2, -0.15) is 0 Å². The van der Waals surface area contributed by atoms with Crippen molar-refractivity contribution in [3.63, 3.8) is 0 Å². The number of thioether (sulfide) groups is 1. The number of carbonyl (C=O) groups is 1. The van der Waals surface area contributed by atoms with Crippen molar-refractivity contribution in [2.75, 3.05) is 18.8 Å². The minimum atomic E-state index is 0.135. The Bertz CT molecular complexity index is 448. The topological polar surface area (TPSA) is 63.9 Å². The van der Waals surface area contributed by atoms with Gasteiger partial charge in [0.25, 0.3) is 0 Å². The molecule has 0 radical (unpaired) electrons. The highest BCUT2D eigenvalue weighted by atomic mass is 32.2. The number of tetrazole rings is 1. The summed E-state index contributed by atoms with van der Waals surface area (Å²) in [6, 6.07) is 0. The first-order valence-corrected chi connectivity index (χ1v) is 8.20. The van der Waals surface area contributed by atoms with Crippen molar-refractivity contribution < 1.29 is 4.79 Å². The molecule has 6 nitrogen and oxygen atoms in total. The van der Waals surface area contributed by atoms with Crippen molar-refractivity contribution in [3.8, 4) is 0 Å². The van der Waals surface area contributed by atoms with Gasteiger partial charge in [0.05, 0.1) is 12.3 Å². The van der Waals surface area contributed by atoms with Gasteiger partial charge < -0.3 is 4.90 Å². The normalized spacial score (nSPS) is 11.1. The lowest BCUT2D eigenvalue weighted by Gasteiger charge is -2.26. The van der Waals surface area contributed by atoms with Crippen LogP contribution in [0.4, 0.5) is 0 Å². The summed E-state index contributed by atoms with van der Waals surface area (Å²) in [5, 5.41) is 12.1. The summed E-state index contributed by atoms with van der Waals surface area (Å²) in [7, 11) is 0. The Morgan fingerprint density at radius 2 is 1.95 bits per heavy atom. The molecule has 0 saturated carbocycles. The Morgan fingerprint density at radius 1 is 1.33 bits per heavy atom. The predicted octanol–water partition coefficient (Wildman–Crippen LogP) is 2.09. The SMILES string of the molecule is C=CCn1nnnc1SCC(=O)N(CC(C)C)CC(C)C. The summed E-state index contributed by atoms with van der Waals surface area (Å²) < 4.78 is 1.64. The number of rotatable bonds is 9. The molecular weight excluding hydrogens is 286 g/mol. The van der Waals surface area contributed by atoms with Crippen LogP contribution < -0.4 is 0 Å². The molecular formula is C14H25N5OS. The van der Waals surface area contributed by atoms with Crippen LogP contribution in [0.2, 0.25) is 0 Å². The van der Waals surface area contributed by atoms with E-state index in [1.807, 2.05) is 4.90 Å². The minimum absolute atomic E-state index is 0.135. The van der Waals surface area contributed by atoms with Gasteiger partial charge >= 0.3 is 0 Å². The molecule has 21 heavy (non-hydrogen) atoms. The third-order valence-electron chi connectivity index (χ3n) is 2.65. The van der Waals surface area contributed by atoms with Crippen LogP contribution in [0.1, 0.15) is 27.7 Å². The first kappa shape index (κ1) is 17.7. The molecule has 1 amide bonds. The van der Waals surface area contributed by atoms with Crippen molar-refractivity contribution in [2.24, 2.45) is 11.8 Å². The Hall–Kier alpha value is -1.37. The summed E-state index contributed by atoms with van der Waals surface area (Å²) in [6.07, 6.45) is 1.73. The van der Waals surface area contributed by atoms with E-state index in [0.29, 0.717) is 29.3 Å². The molecule has 1 aromatic heterocycles. The highest BCUT2D eigenvalue weighted by Gasteiger charge is 2.17. The number of nitrogens with zero attached hydrogens (tertiary/aromatic N) is 5. The number of allylic oxidation sites excluding steroid dienone is 1. The van der Waals surface area contributed by atoms with Gasteiger partial charge in [0.15, 0.2) is 0 Å². The first-order chi connectivity index (χ1) is 9.93. The second-order valence-electron chi connectivity index (χ2n) is 5.81. The maximum atomic E-state index is 12.4. The van der Waals surface area contributed by atoms with Crippen molar-refractivity contribution in [3.05, 3.63) is 12.7 Å². The van der Waals surface area contributed by atoms with E-state index in [9.17, 15) is 4.79 Å². The molecule has 0 atom stereocenters. The van der Waals surface area contributed by atoms with Gasteiger partial charge in [0.1, 0.15) is 0 Å². The Balaban J connectivity index is 2.59. The monoisotopic (exact) mass is 311 g/mol. The van der Waals surface area contributed by atoms with Gasteiger partial charge in [-0.25, -0.2) is 4.68 Å². The molecule has 0 saturated heterocycles. The maximum Gasteiger partial charge on any atom is 0.233 e. The molecule has 0 unspecified atom stereocenters. The third-order valence-corrected chi connectivity index (χ3v) is 3.59. The molecule has 0 aromatic carbocycles. The lowest BCUT2D eigenvalue weighted by Crippen LogP contribution is -2.38. The summed E-state index contributed by atoms with van der Waals surface area (Å²) in [5.74, 6) is 1.42. The lowest BCUT2D eigenvalue weighted by atomic mass is 10.1. The summed E-state index contributed by atoms with van der Waals surface area (Å²) in [6.45, 7) is 14.3. The zero-order chi connectivity index (χ0) is 15.8. The van der Waals surface area contributed by atoms with E-state index >= 15 is 0 Å². The summed E-state index contributed by atoms with van der Waals surface area (Å²) in [5.41, 5.74) is 0. The van der Waals surface area contributed by atoms with Gasteiger partial charge in [-0.05, 0) is 22.3 Å². The number of hydrogen-bond donors (Lipinski definition) is 0. The van der Waals surface area contributed by atoms with Gasteiger partial charge in [0.2, 0.25) is 11.1 Å². The molecule has 0 bridgehead atoms.